The van der Waals surface area contributed by atoms with Crippen molar-refractivity contribution in [3.63, 3.8) is 0 Å². The molecule has 0 aliphatic heterocycles. The third-order valence-corrected chi connectivity index (χ3v) is 3.02. The van der Waals surface area contributed by atoms with Crippen LogP contribution < -0.4 is 0 Å². The van der Waals surface area contributed by atoms with Crippen molar-refractivity contribution in [2.45, 2.75) is 29.1 Å². The smallest absolute Gasteiger partial charge is 0.288 e. The maximum absolute atomic E-state index is 12.1. The van der Waals surface area contributed by atoms with Gasteiger partial charge in [-0.2, -0.15) is 8.78 Å². The number of hydrogen-bond acceptors (Lipinski definition) is 2. The Morgan fingerprint density at radius 3 is 2.64 bits per heavy atom. The highest BCUT2D eigenvalue weighted by atomic mass is 32.2. The van der Waals surface area contributed by atoms with E-state index in [2.05, 4.69) is 0 Å². The summed E-state index contributed by atoms with van der Waals surface area (Å²) in [6, 6.07) is 6.76. The van der Waals surface area contributed by atoms with E-state index in [1.165, 1.54) is 0 Å². The topological polar surface area (TPSA) is 20.2 Å². The van der Waals surface area contributed by atoms with Gasteiger partial charge in [-0.15, -0.1) is 0 Å². The molecule has 0 heterocycles. The van der Waals surface area contributed by atoms with Gasteiger partial charge in [0.1, 0.15) is 0 Å². The van der Waals surface area contributed by atoms with Gasteiger partial charge in [-0.05, 0) is 30.5 Å². The Labute approximate surface area is 85.1 Å². The van der Waals surface area contributed by atoms with E-state index in [0.717, 1.165) is 18.4 Å². The summed E-state index contributed by atoms with van der Waals surface area (Å²) in [7, 11) is 0. The summed E-state index contributed by atoms with van der Waals surface area (Å²) >= 11 is 0.512. The average molecular weight is 216 g/mol. The first-order chi connectivity index (χ1) is 6.60. The van der Waals surface area contributed by atoms with E-state index < -0.39 is 11.4 Å². The van der Waals surface area contributed by atoms with Crippen molar-refractivity contribution in [1.82, 2.24) is 0 Å². The molecule has 1 N–H and O–H groups in total. The zero-order valence-electron chi connectivity index (χ0n) is 7.41. The lowest BCUT2D eigenvalue weighted by atomic mass is 10.1. The zero-order chi connectivity index (χ0) is 10.2. The molecule has 0 atom stereocenters. The molecule has 1 aromatic carbocycles. The minimum atomic E-state index is -2.40. The average Bonchev–Trinajstić information content (AvgIpc) is 2.84. The van der Waals surface area contributed by atoms with Crippen LogP contribution in [0.5, 0.6) is 0 Å². The minimum Gasteiger partial charge on any atom is -0.385 e. The molecule has 0 bridgehead atoms. The van der Waals surface area contributed by atoms with Gasteiger partial charge in [0.05, 0.1) is 5.60 Å². The molecule has 1 aliphatic rings. The standard InChI is InChI=1S/C10H10F2OS/c11-9(12)14-8-3-1-2-7(6-8)10(13)4-5-10/h1-3,6,9,13H,4-5H2. The maximum atomic E-state index is 12.1. The zero-order valence-corrected chi connectivity index (χ0v) is 8.23. The van der Waals surface area contributed by atoms with Crippen molar-refractivity contribution >= 4 is 11.8 Å². The molecule has 0 aromatic heterocycles. The van der Waals surface area contributed by atoms with Crippen LogP contribution >= 0.6 is 11.8 Å². The molecular weight excluding hydrogens is 206 g/mol. The highest BCUT2D eigenvalue weighted by Gasteiger charge is 2.42. The van der Waals surface area contributed by atoms with Crippen LogP contribution in [0.4, 0.5) is 8.78 Å². The van der Waals surface area contributed by atoms with Crippen molar-refractivity contribution in [3.8, 4) is 0 Å². The number of hydrogen-bond donors (Lipinski definition) is 1. The fraction of sp³-hybridized carbons (Fsp3) is 0.400. The summed E-state index contributed by atoms with van der Waals surface area (Å²) in [4.78, 5) is 0.512. The molecular formula is C10H10F2OS. The monoisotopic (exact) mass is 216 g/mol. The van der Waals surface area contributed by atoms with Crippen molar-refractivity contribution in [1.29, 1.82) is 0 Å². The molecule has 0 amide bonds. The van der Waals surface area contributed by atoms with Crippen molar-refractivity contribution in [3.05, 3.63) is 29.8 Å². The van der Waals surface area contributed by atoms with E-state index >= 15 is 0 Å². The largest absolute Gasteiger partial charge is 0.385 e. The van der Waals surface area contributed by atoms with Crippen LogP contribution in [-0.2, 0) is 5.60 Å². The molecule has 4 heteroatoms. The Balaban J connectivity index is 2.19. The molecule has 0 unspecified atom stereocenters. The van der Waals surface area contributed by atoms with Gasteiger partial charge in [-0.3, -0.25) is 0 Å². The molecule has 2 rings (SSSR count). The van der Waals surface area contributed by atoms with Gasteiger partial charge in [0, 0.05) is 4.90 Å². The van der Waals surface area contributed by atoms with Crippen LogP contribution in [0.2, 0.25) is 0 Å². The SMILES string of the molecule is OC1(c2cccc(SC(F)F)c2)CC1. The molecule has 0 saturated heterocycles. The fourth-order valence-corrected chi connectivity index (χ4v) is 1.93. The second kappa shape index (κ2) is 3.51. The van der Waals surface area contributed by atoms with Crippen molar-refractivity contribution in [2.24, 2.45) is 0 Å². The van der Waals surface area contributed by atoms with E-state index in [9.17, 15) is 13.9 Å². The Hall–Kier alpha value is -0.610. The number of thioether (sulfide) groups is 1. The third-order valence-electron chi connectivity index (χ3n) is 2.32. The lowest BCUT2D eigenvalue weighted by molar-refractivity contribution is 0.151. The maximum Gasteiger partial charge on any atom is 0.288 e. The molecule has 76 valence electrons. The number of aliphatic hydroxyl groups is 1. The lowest BCUT2D eigenvalue weighted by Crippen LogP contribution is -2.03. The Bertz CT molecular complexity index is 337. The van der Waals surface area contributed by atoms with Crippen LogP contribution in [0.1, 0.15) is 18.4 Å². The molecule has 1 aliphatic carbocycles. The molecule has 0 radical (unpaired) electrons. The number of benzene rings is 1. The summed E-state index contributed by atoms with van der Waals surface area (Å²) in [5, 5.41) is 9.76. The third kappa shape index (κ3) is 2.07. The van der Waals surface area contributed by atoms with Crippen LogP contribution in [0.25, 0.3) is 0 Å². The van der Waals surface area contributed by atoms with Crippen LogP contribution in [-0.4, -0.2) is 10.9 Å². The summed E-state index contributed by atoms with van der Waals surface area (Å²) < 4.78 is 24.1. The summed E-state index contributed by atoms with van der Waals surface area (Å²) in [5.74, 6) is -2.40. The molecule has 14 heavy (non-hydrogen) atoms. The van der Waals surface area contributed by atoms with E-state index in [4.69, 9.17) is 0 Å². The first-order valence-electron chi connectivity index (χ1n) is 4.38. The van der Waals surface area contributed by atoms with Crippen LogP contribution in [0.3, 0.4) is 0 Å². The van der Waals surface area contributed by atoms with E-state index in [1.54, 1.807) is 24.3 Å². The van der Waals surface area contributed by atoms with Gasteiger partial charge < -0.3 is 5.11 Å². The molecule has 1 aromatic rings. The first kappa shape index (κ1) is 9.93. The van der Waals surface area contributed by atoms with E-state index in [0.29, 0.717) is 16.7 Å². The second-order valence-electron chi connectivity index (χ2n) is 3.44. The van der Waals surface area contributed by atoms with Crippen LogP contribution in [0, 0.1) is 0 Å². The van der Waals surface area contributed by atoms with Crippen molar-refractivity contribution < 1.29 is 13.9 Å². The quantitative estimate of drug-likeness (QED) is 0.784. The first-order valence-corrected chi connectivity index (χ1v) is 5.26. The number of alkyl halides is 2. The van der Waals surface area contributed by atoms with Gasteiger partial charge >= 0.3 is 0 Å². The predicted octanol–water partition coefficient (Wildman–Crippen LogP) is 2.98. The van der Waals surface area contributed by atoms with Gasteiger partial charge in [0.15, 0.2) is 0 Å². The summed E-state index contributed by atoms with van der Waals surface area (Å²) in [6.45, 7) is 0. The van der Waals surface area contributed by atoms with E-state index in [-0.39, 0.29) is 0 Å². The normalized spacial score (nSPS) is 18.6. The van der Waals surface area contributed by atoms with Crippen LogP contribution in [0.15, 0.2) is 29.2 Å². The highest BCUT2D eigenvalue weighted by Crippen LogP contribution is 2.46. The number of rotatable bonds is 3. The van der Waals surface area contributed by atoms with Gasteiger partial charge in [-0.25, -0.2) is 0 Å². The van der Waals surface area contributed by atoms with Crippen molar-refractivity contribution in [2.75, 3.05) is 0 Å². The van der Waals surface area contributed by atoms with Gasteiger partial charge in [0.2, 0.25) is 0 Å². The predicted molar refractivity (Wildman–Crippen MR) is 51.4 cm³/mol. The molecule has 1 nitrogen and oxygen atoms in total. The summed E-state index contributed by atoms with van der Waals surface area (Å²) in [6.07, 6.45) is 1.46. The molecule has 1 saturated carbocycles. The Kier molecular flexibility index (Phi) is 2.49. The fourth-order valence-electron chi connectivity index (χ4n) is 1.37. The van der Waals surface area contributed by atoms with Gasteiger partial charge in [0.25, 0.3) is 5.76 Å². The molecule has 1 fully saturated rings. The minimum absolute atomic E-state index is 0.512. The Morgan fingerprint density at radius 2 is 2.07 bits per heavy atom. The summed E-state index contributed by atoms with van der Waals surface area (Å²) in [5.41, 5.74) is 0.0155. The van der Waals surface area contributed by atoms with Gasteiger partial charge in [-0.1, -0.05) is 23.9 Å². The Morgan fingerprint density at radius 1 is 1.36 bits per heavy atom. The number of halogens is 2. The van der Waals surface area contributed by atoms with E-state index in [1.807, 2.05) is 0 Å². The highest BCUT2D eigenvalue weighted by molar-refractivity contribution is 7.99. The second-order valence-corrected chi connectivity index (χ2v) is 4.50. The molecule has 0 spiro atoms. The lowest BCUT2D eigenvalue weighted by Gasteiger charge is -2.09.